The molecular formula is C41H76N2O14. The summed E-state index contributed by atoms with van der Waals surface area (Å²) < 4.78 is 48.4. The molecule has 3 fully saturated rings. The van der Waals surface area contributed by atoms with Crippen molar-refractivity contribution in [1.29, 1.82) is 0 Å². The molecule has 0 aromatic carbocycles. The van der Waals surface area contributed by atoms with Gasteiger partial charge in [-0.15, -0.1) is 0 Å². The van der Waals surface area contributed by atoms with Gasteiger partial charge in [-0.3, -0.25) is 4.79 Å². The second kappa shape index (κ2) is 21.8. The molecule has 0 aromatic rings. The summed E-state index contributed by atoms with van der Waals surface area (Å²) in [5.41, 5.74) is -2.25. The maximum atomic E-state index is 14.3. The van der Waals surface area contributed by atoms with Crippen molar-refractivity contribution in [1.82, 2.24) is 4.90 Å². The van der Waals surface area contributed by atoms with Crippen LogP contribution >= 0.6 is 0 Å². The van der Waals surface area contributed by atoms with E-state index in [9.17, 15) is 25.2 Å². The van der Waals surface area contributed by atoms with Crippen LogP contribution < -0.4 is 0 Å². The average molecular weight is 821 g/mol. The first kappa shape index (κ1) is 49.8. The van der Waals surface area contributed by atoms with Crippen LogP contribution in [0.1, 0.15) is 94.9 Å². The molecule has 57 heavy (non-hydrogen) atoms. The highest BCUT2D eigenvalue weighted by atomic mass is 16.7. The fourth-order valence-electron chi connectivity index (χ4n) is 8.88. The Morgan fingerprint density at radius 2 is 1.56 bits per heavy atom. The molecule has 0 aromatic heterocycles. The van der Waals surface area contributed by atoms with Crippen LogP contribution in [0.25, 0.3) is 0 Å². The van der Waals surface area contributed by atoms with E-state index < -0.39 is 102 Å². The van der Waals surface area contributed by atoms with E-state index >= 15 is 0 Å². The number of aliphatic hydroxyl groups is 4. The minimum Gasteiger partial charge on any atom is -0.462 e. The summed E-state index contributed by atoms with van der Waals surface area (Å²) in [6.07, 6.45) is -7.70. The maximum absolute atomic E-state index is 14.3. The van der Waals surface area contributed by atoms with Crippen molar-refractivity contribution >= 4 is 11.7 Å². The average Bonchev–Trinajstić information content (AvgIpc) is 3.15. The van der Waals surface area contributed by atoms with Gasteiger partial charge < -0.3 is 68.1 Å². The highest BCUT2D eigenvalue weighted by Gasteiger charge is 2.52. The van der Waals surface area contributed by atoms with E-state index in [0.717, 1.165) is 0 Å². The molecule has 0 radical (unpaired) electrons. The third-order valence-corrected chi connectivity index (χ3v) is 12.6. The molecule has 18 atom stereocenters. The van der Waals surface area contributed by atoms with E-state index in [2.05, 4.69) is 5.16 Å². The van der Waals surface area contributed by atoms with E-state index in [1.54, 1.807) is 34.8 Å². The van der Waals surface area contributed by atoms with Gasteiger partial charge >= 0.3 is 5.97 Å². The molecule has 0 spiro atoms. The van der Waals surface area contributed by atoms with Gasteiger partial charge in [-0.25, -0.2) is 0 Å². The Balaban J connectivity index is 2.19. The molecule has 3 aliphatic rings. The molecule has 0 bridgehead atoms. The molecule has 334 valence electrons. The largest absolute Gasteiger partial charge is 0.462 e. The third-order valence-electron chi connectivity index (χ3n) is 12.6. The predicted octanol–water partition coefficient (Wildman–Crippen LogP) is 3.09. The second-order valence-corrected chi connectivity index (χ2v) is 17.5. The van der Waals surface area contributed by atoms with Gasteiger partial charge in [0.05, 0.1) is 66.6 Å². The highest BCUT2D eigenvalue weighted by molar-refractivity contribution is 5.88. The zero-order valence-corrected chi connectivity index (χ0v) is 37.0. The normalized spacial score (nSPS) is 45.1. The first-order valence-corrected chi connectivity index (χ1v) is 20.7. The van der Waals surface area contributed by atoms with Crippen LogP contribution in [0.3, 0.4) is 0 Å². The maximum Gasteiger partial charge on any atom is 0.311 e. The lowest BCUT2D eigenvalue weighted by atomic mass is 9.74. The Bertz CT molecular complexity index is 1260. The molecule has 0 amide bonds. The van der Waals surface area contributed by atoms with E-state index in [1.807, 2.05) is 60.5 Å². The van der Waals surface area contributed by atoms with Crippen LogP contribution in [-0.4, -0.2) is 164 Å². The number of ether oxygens (including phenoxy) is 8. The van der Waals surface area contributed by atoms with Gasteiger partial charge in [0.1, 0.15) is 18.3 Å². The zero-order valence-electron chi connectivity index (χ0n) is 37.0. The third kappa shape index (κ3) is 12.5. The number of aliphatic hydroxyl groups excluding tert-OH is 3. The first-order chi connectivity index (χ1) is 26.6. The molecule has 0 saturated carbocycles. The number of esters is 1. The van der Waals surface area contributed by atoms with E-state index in [4.69, 9.17) is 42.7 Å². The molecule has 16 heteroatoms. The number of carbonyl (C=O) groups excluding carboxylic acids is 1. The van der Waals surface area contributed by atoms with Crippen LogP contribution in [0.4, 0.5) is 0 Å². The van der Waals surface area contributed by atoms with Crippen LogP contribution in [0.2, 0.25) is 0 Å². The minimum atomic E-state index is -1.69. The quantitative estimate of drug-likeness (QED) is 0.0915. The van der Waals surface area contributed by atoms with Crippen LogP contribution in [0.5, 0.6) is 0 Å². The van der Waals surface area contributed by atoms with Gasteiger partial charge in [0.25, 0.3) is 0 Å². The summed E-state index contributed by atoms with van der Waals surface area (Å²) in [7, 11) is 6.84. The van der Waals surface area contributed by atoms with Crippen LogP contribution in [-0.2, 0) is 47.5 Å². The number of cyclic esters (lactones) is 1. The summed E-state index contributed by atoms with van der Waals surface area (Å²) in [4.78, 5) is 21.8. The molecule has 0 unspecified atom stereocenters. The Kier molecular flexibility index (Phi) is 19.1. The molecule has 3 heterocycles. The molecular weight excluding hydrogens is 744 g/mol. The summed E-state index contributed by atoms with van der Waals surface area (Å²) in [5, 5.41) is 51.7. The Hall–Kier alpha value is -1.54. The lowest BCUT2D eigenvalue weighted by Crippen LogP contribution is -2.60. The van der Waals surface area contributed by atoms with E-state index in [1.165, 1.54) is 7.11 Å². The predicted molar refractivity (Wildman–Crippen MR) is 211 cm³/mol. The minimum absolute atomic E-state index is 0.0588. The summed E-state index contributed by atoms with van der Waals surface area (Å²) in [6, 6.07) is -0.301. The smallest absolute Gasteiger partial charge is 0.311 e. The zero-order chi connectivity index (χ0) is 43.0. The monoisotopic (exact) mass is 821 g/mol. The Morgan fingerprint density at radius 1 is 0.895 bits per heavy atom. The number of methoxy groups -OCH3 is 2. The van der Waals surface area contributed by atoms with Crippen molar-refractivity contribution in [2.75, 3.05) is 48.3 Å². The number of rotatable bonds is 13. The van der Waals surface area contributed by atoms with Crippen molar-refractivity contribution in [2.24, 2.45) is 34.7 Å². The number of hydrogen-bond acceptors (Lipinski definition) is 16. The van der Waals surface area contributed by atoms with Crippen LogP contribution in [0, 0.1) is 29.6 Å². The van der Waals surface area contributed by atoms with E-state index in [0.29, 0.717) is 31.8 Å². The fraction of sp³-hybridized carbons (Fsp3) is 0.951. The summed E-state index contributed by atoms with van der Waals surface area (Å²) in [5.74, 6) is -3.88. The van der Waals surface area contributed by atoms with Gasteiger partial charge in [-0.2, -0.15) is 0 Å². The molecule has 3 saturated heterocycles. The lowest BCUT2D eigenvalue weighted by Gasteiger charge is -2.49. The number of likely N-dealkylation sites (N-methyl/N-ethyl adjacent to an activating group) is 1. The SMILES string of the molecule is CC[C@H]1OC(=O)[C@H](C)[C@@H](O[C@H]2C[C@@](C)(OC)[C@@H](O)[C@H](C)O2)[C@H](C)[C@@H](O[C@@H]2O[C@H](C)C[C@H](N(C)C)[C@H]2O)[C@](C)(O)C[C@@H](C)C(=NOCOCCOC)[C@H](C)[C@@H](O)[C@H]1C. The van der Waals surface area contributed by atoms with Crippen molar-refractivity contribution < 1.29 is 68.0 Å². The van der Waals surface area contributed by atoms with Crippen molar-refractivity contribution in [3.8, 4) is 0 Å². The van der Waals surface area contributed by atoms with Gasteiger partial charge in [-0.05, 0) is 68.0 Å². The van der Waals surface area contributed by atoms with Crippen LogP contribution in [0.15, 0.2) is 5.16 Å². The number of oxime groups is 1. The first-order valence-electron chi connectivity index (χ1n) is 20.7. The topological polar surface area (TPSA) is 197 Å². The van der Waals surface area contributed by atoms with Gasteiger partial charge in [-0.1, -0.05) is 39.8 Å². The molecule has 3 aliphatic heterocycles. The number of carbonyl (C=O) groups is 1. The number of hydrogen-bond donors (Lipinski definition) is 4. The molecule has 0 aliphatic carbocycles. The molecule has 3 rings (SSSR count). The molecule has 4 N–H and O–H groups in total. The highest BCUT2D eigenvalue weighted by Crippen LogP contribution is 2.40. The Labute approximate surface area is 340 Å². The summed E-state index contributed by atoms with van der Waals surface area (Å²) in [6.45, 7) is 18.5. The van der Waals surface area contributed by atoms with Crippen molar-refractivity contribution in [3.05, 3.63) is 0 Å². The van der Waals surface area contributed by atoms with Crippen molar-refractivity contribution in [3.63, 3.8) is 0 Å². The van der Waals surface area contributed by atoms with E-state index in [-0.39, 0.29) is 31.8 Å². The standard InChI is InChI=1S/C41H76N2O14/c1-15-30-24(4)33(44)25(5)32(42-52-21-51-17-16-49-13)22(2)19-40(9,48)37(57-39-34(45)29(43(11)12)18-23(3)53-39)26(6)35(27(7)38(47)55-30)56-31-20-41(10,50-14)36(46)28(8)54-31/h22-31,33-37,39,44-46,48H,15-21H2,1-14H3/t22-,23-,24+,25+,26+,27-,28+,29+,30-,31+,33+,34-,35+,36+,37-,39+,40-,41-/m1/s1. The van der Waals surface area contributed by atoms with Gasteiger partial charge in [0, 0.05) is 50.4 Å². The number of nitrogens with zero attached hydrogens (tertiary/aromatic N) is 2. The second-order valence-electron chi connectivity index (χ2n) is 17.5. The fourth-order valence-corrected chi connectivity index (χ4v) is 8.88. The van der Waals surface area contributed by atoms with Gasteiger partial charge in [0.2, 0.25) is 6.79 Å². The molecule has 16 nitrogen and oxygen atoms in total. The Morgan fingerprint density at radius 3 is 2.16 bits per heavy atom. The van der Waals surface area contributed by atoms with Crippen molar-refractivity contribution in [2.45, 2.75) is 174 Å². The summed E-state index contributed by atoms with van der Waals surface area (Å²) >= 11 is 0. The lowest BCUT2D eigenvalue weighted by molar-refractivity contribution is -0.317. The van der Waals surface area contributed by atoms with Gasteiger partial charge in [0.15, 0.2) is 12.6 Å².